The van der Waals surface area contributed by atoms with Gasteiger partial charge in [0.15, 0.2) is 0 Å². The van der Waals surface area contributed by atoms with Gasteiger partial charge in [-0.05, 0) is 24.5 Å². The second kappa shape index (κ2) is 9.16. The minimum Gasteiger partial charge on any atom is -0.341 e. The number of rotatable bonds is 6. The molecule has 0 bridgehead atoms. The van der Waals surface area contributed by atoms with Crippen LogP contribution in [-0.2, 0) is 17.8 Å². The minimum absolute atomic E-state index is 0.0640. The van der Waals surface area contributed by atoms with Crippen molar-refractivity contribution in [1.82, 2.24) is 15.5 Å². The summed E-state index contributed by atoms with van der Waals surface area (Å²) < 4.78 is 13.7. The van der Waals surface area contributed by atoms with Crippen molar-refractivity contribution in [2.75, 3.05) is 13.1 Å². The van der Waals surface area contributed by atoms with Gasteiger partial charge in [0, 0.05) is 31.6 Å². The Morgan fingerprint density at radius 2 is 1.67 bits per heavy atom. The van der Waals surface area contributed by atoms with Crippen molar-refractivity contribution >= 4 is 11.9 Å². The summed E-state index contributed by atoms with van der Waals surface area (Å²) in [6.45, 7) is 1.51. The van der Waals surface area contributed by atoms with Gasteiger partial charge >= 0.3 is 6.03 Å². The third kappa shape index (κ3) is 5.29. The monoisotopic (exact) mass is 369 g/mol. The van der Waals surface area contributed by atoms with Crippen molar-refractivity contribution < 1.29 is 14.0 Å². The molecular weight excluding hydrogens is 345 g/mol. The van der Waals surface area contributed by atoms with Crippen LogP contribution in [0.2, 0.25) is 0 Å². The van der Waals surface area contributed by atoms with Gasteiger partial charge in [0.25, 0.3) is 0 Å². The predicted molar refractivity (Wildman–Crippen MR) is 102 cm³/mol. The summed E-state index contributed by atoms with van der Waals surface area (Å²) >= 11 is 0. The summed E-state index contributed by atoms with van der Waals surface area (Å²) in [5.41, 5.74) is 1.38. The summed E-state index contributed by atoms with van der Waals surface area (Å²) in [5.74, 6) is -0.441. The van der Waals surface area contributed by atoms with E-state index in [-0.39, 0.29) is 18.3 Å². The zero-order chi connectivity index (χ0) is 19.1. The summed E-state index contributed by atoms with van der Waals surface area (Å²) in [6.07, 6.45) is 2.40. The third-order valence-corrected chi connectivity index (χ3v) is 4.70. The van der Waals surface area contributed by atoms with E-state index in [0.29, 0.717) is 12.0 Å². The van der Waals surface area contributed by atoms with Gasteiger partial charge in [-0.3, -0.25) is 4.79 Å². The van der Waals surface area contributed by atoms with Crippen LogP contribution < -0.4 is 10.6 Å². The molecule has 142 valence electrons. The van der Waals surface area contributed by atoms with Crippen molar-refractivity contribution in [1.29, 1.82) is 0 Å². The number of carbonyl (C=O) groups is 2. The summed E-state index contributed by atoms with van der Waals surface area (Å²) in [5, 5.41) is 5.41. The Bertz CT molecular complexity index is 776. The van der Waals surface area contributed by atoms with Crippen LogP contribution in [0.3, 0.4) is 0 Å². The topological polar surface area (TPSA) is 61.4 Å². The molecule has 0 aromatic heterocycles. The van der Waals surface area contributed by atoms with Crippen LogP contribution in [-0.4, -0.2) is 36.0 Å². The minimum atomic E-state index is -0.647. The zero-order valence-corrected chi connectivity index (χ0v) is 15.2. The highest BCUT2D eigenvalue weighted by Gasteiger charge is 2.28. The number of urea groups is 1. The lowest BCUT2D eigenvalue weighted by atomic mass is 10.0. The highest BCUT2D eigenvalue weighted by atomic mass is 19.1. The Morgan fingerprint density at radius 1 is 1.00 bits per heavy atom. The number of benzene rings is 2. The summed E-state index contributed by atoms with van der Waals surface area (Å²) in [4.78, 5) is 27.0. The molecule has 3 rings (SSSR count). The molecule has 0 radical (unpaired) electrons. The van der Waals surface area contributed by atoms with Crippen LogP contribution in [0.25, 0.3) is 0 Å². The van der Waals surface area contributed by atoms with Gasteiger partial charge in [0.2, 0.25) is 5.91 Å². The van der Waals surface area contributed by atoms with Gasteiger partial charge in [-0.2, -0.15) is 0 Å². The average molecular weight is 369 g/mol. The van der Waals surface area contributed by atoms with Crippen LogP contribution in [0.5, 0.6) is 0 Å². The van der Waals surface area contributed by atoms with E-state index >= 15 is 0 Å². The van der Waals surface area contributed by atoms with Crippen molar-refractivity contribution in [3.8, 4) is 0 Å². The second-order valence-corrected chi connectivity index (χ2v) is 6.69. The lowest BCUT2D eigenvalue weighted by Gasteiger charge is -2.24. The lowest BCUT2D eigenvalue weighted by molar-refractivity contribution is -0.132. The first-order valence-electron chi connectivity index (χ1n) is 9.24. The van der Waals surface area contributed by atoms with Crippen molar-refractivity contribution in [3.63, 3.8) is 0 Å². The maximum Gasteiger partial charge on any atom is 0.315 e. The Hall–Kier alpha value is -2.89. The molecule has 0 spiro atoms. The first-order chi connectivity index (χ1) is 13.1. The van der Waals surface area contributed by atoms with Gasteiger partial charge < -0.3 is 15.5 Å². The van der Waals surface area contributed by atoms with Crippen LogP contribution in [0.1, 0.15) is 24.0 Å². The molecule has 2 aromatic rings. The normalized spacial score (nSPS) is 14.6. The fourth-order valence-corrected chi connectivity index (χ4v) is 3.23. The van der Waals surface area contributed by atoms with E-state index in [1.807, 2.05) is 30.3 Å². The molecule has 2 aromatic carbocycles. The fourth-order valence-electron chi connectivity index (χ4n) is 3.23. The molecule has 6 heteroatoms. The first-order valence-corrected chi connectivity index (χ1v) is 9.24. The van der Waals surface area contributed by atoms with E-state index in [4.69, 9.17) is 0 Å². The molecule has 3 amide bonds. The molecule has 2 N–H and O–H groups in total. The Labute approximate surface area is 158 Å². The molecule has 0 aliphatic carbocycles. The molecule has 1 heterocycles. The standard InChI is InChI=1S/C21H24FN3O2/c22-18-11-5-4-10-17(18)15-23-21(27)24-19(14-16-8-2-1-3-9-16)20(26)25-12-6-7-13-25/h1-5,8-11,19H,6-7,12-15H2,(H2,23,24,27)/t19-/m0/s1. The molecule has 1 saturated heterocycles. The maximum atomic E-state index is 13.7. The van der Waals surface area contributed by atoms with Gasteiger partial charge in [-0.15, -0.1) is 0 Å². The van der Waals surface area contributed by atoms with Crippen LogP contribution in [0, 0.1) is 5.82 Å². The fraction of sp³-hybridized carbons (Fsp3) is 0.333. The van der Waals surface area contributed by atoms with Gasteiger partial charge in [-0.1, -0.05) is 48.5 Å². The number of hydrogen-bond donors (Lipinski definition) is 2. The van der Waals surface area contributed by atoms with E-state index < -0.39 is 12.1 Å². The summed E-state index contributed by atoms with van der Waals surface area (Å²) in [7, 11) is 0. The Morgan fingerprint density at radius 3 is 2.37 bits per heavy atom. The Kier molecular flexibility index (Phi) is 6.41. The van der Waals surface area contributed by atoms with Gasteiger partial charge in [0.1, 0.15) is 11.9 Å². The molecular formula is C21H24FN3O2. The lowest BCUT2D eigenvalue weighted by Crippen LogP contribution is -2.51. The molecule has 0 unspecified atom stereocenters. The van der Waals surface area contributed by atoms with E-state index in [1.54, 1.807) is 23.1 Å². The number of nitrogens with one attached hydrogen (secondary N) is 2. The third-order valence-electron chi connectivity index (χ3n) is 4.70. The van der Waals surface area contributed by atoms with Crippen LogP contribution >= 0.6 is 0 Å². The number of halogens is 1. The molecule has 5 nitrogen and oxygen atoms in total. The van der Waals surface area contributed by atoms with E-state index in [1.165, 1.54) is 6.07 Å². The largest absolute Gasteiger partial charge is 0.341 e. The van der Waals surface area contributed by atoms with E-state index in [9.17, 15) is 14.0 Å². The van der Waals surface area contributed by atoms with Gasteiger partial charge in [-0.25, -0.2) is 9.18 Å². The molecule has 27 heavy (non-hydrogen) atoms. The number of likely N-dealkylation sites (tertiary alicyclic amines) is 1. The van der Waals surface area contributed by atoms with E-state index in [0.717, 1.165) is 31.5 Å². The van der Waals surface area contributed by atoms with Crippen LogP contribution in [0.15, 0.2) is 54.6 Å². The number of amides is 3. The molecule has 1 aliphatic heterocycles. The SMILES string of the molecule is O=C(NCc1ccccc1F)N[C@@H](Cc1ccccc1)C(=O)N1CCCC1. The average Bonchev–Trinajstić information content (AvgIpc) is 3.22. The predicted octanol–water partition coefficient (Wildman–Crippen LogP) is 2.86. The Balaban J connectivity index is 1.63. The smallest absolute Gasteiger partial charge is 0.315 e. The zero-order valence-electron chi connectivity index (χ0n) is 15.2. The first kappa shape index (κ1) is 18.9. The van der Waals surface area contributed by atoms with Crippen molar-refractivity contribution in [2.24, 2.45) is 0 Å². The highest BCUT2D eigenvalue weighted by molar-refractivity contribution is 5.87. The highest BCUT2D eigenvalue weighted by Crippen LogP contribution is 2.12. The number of hydrogen-bond acceptors (Lipinski definition) is 2. The quantitative estimate of drug-likeness (QED) is 0.823. The van der Waals surface area contributed by atoms with Crippen molar-refractivity contribution in [2.45, 2.75) is 31.8 Å². The molecule has 0 saturated carbocycles. The number of carbonyl (C=O) groups excluding carboxylic acids is 2. The van der Waals surface area contributed by atoms with Crippen LogP contribution in [0.4, 0.5) is 9.18 Å². The maximum absolute atomic E-state index is 13.7. The van der Waals surface area contributed by atoms with Gasteiger partial charge in [0.05, 0.1) is 0 Å². The molecule has 1 aliphatic rings. The number of nitrogens with zero attached hydrogens (tertiary/aromatic N) is 1. The van der Waals surface area contributed by atoms with E-state index in [2.05, 4.69) is 10.6 Å². The summed E-state index contributed by atoms with van der Waals surface area (Å²) in [6, 6.07) is 14.8. The molecule has 1 fully saturated rings. The molecule has 1 atom stereocenters. The second-order valence-electron chi connectivity index (χ2n) is 6.69. The van der Waals surface area contributed by atoms with Crippen molar-refractivity contribution in [3.05, 3.63) is 71.5 Å².